The molecule has 3 saturated heterocycles. The molecule has 4 nitrogen and oxygen atoms in total. The van der Waals surface area contributed by atoms with Gasteiger partial charge >= 0.3 is 0 Å². The molecular weight excluding hydrogens is 394 g/mol. The molecule has 0 unspecified atom stereocenters. The SMILES string of the molecule is O=C(Cc1ccc(Cl)cc1)N1C[C@@H]2CN(C3CCN(Cc4ccccc4)CC3)[C@H]2C1. The minimum Gasteiger partial charge on any atom is -0.340 e. The van der Waals surface area contributed by atoms with Gasteiger partial charge in [-0.3, -0.25) is 14.6 Å². The Morgan fingerprint density at radius 3 is 2.37 bits per heavy atom. The fourth-order valence-corrected chi connectivity index (χ4v) is 5.57. The van der Waals surface area contributed by atoms with E-state index < -0.39 is 0 Å². The molecule has 0 radical (unpaired) electrons. The number of carbonyl (C=O) groups is 1. The molecule has 3 aliphatic rings. The van der Waals surface area contributed by atoms with Crippen LogP contribution in [-0.4, -0.2) is 65.4 Å². The monoisotopic (exact) mass is 423 g/mol. The number of hydrogen-bond acceptors (Lipinski definition) is 3. The van der Waals surface area contributed by atoms with Crippen molar-refractivity contribution in [3.8, 4) is 0 Å². The summed E-state index contributed by atoms with van der Waals surface area (Å²) in [5, 5.41) is 0.718. The summed E-state index contributed by atoms with van der Waals surface area (Å²) in [5.41, 5.74) is 2.46. The highest BCUT2D eigenvalue weighted by atomic mass is 35.5. The number of benzene rings is 2. The van der Waals surface area contributed by atoms with Crippen LogP contribution in [0, 0.1) is 5.92 Å². The van der Waals surface area contributed by atoms with Crippen LogP contribution in [0.4, 0.5) is 0 Å². The zero-order valence-electron chi connectivity index (χ0n) is 17.4. The normalized spacial score (nSPS) is 25.2. The van der Waals surface area contributed by atoms with Gasteiger partial charge in [-0.05, 0) is 49.2 Å². The highest BCUT2D eigenvalue weighted by molar-refractivity contribution is 6.30. The topological polar surface area (TPSA) is 26.8 Å². The van der Waals surface area contributed by atoms with Crippen LogP contribution in [0.1, 0.15) is 24.0 Å². The van der Waals surface area contributed by atoms with E-state index in [2.05, 4.69) is 45.0 Å². The van der Waals surface area contributed by atoms with E-state index in [0.29, 0.717) is 24.4 Å². The Labute approximate surface area is 184 Å². The number of fused-ring (bicyclic) bond motifs is 1. The Bertz CT molecular complexity index is 864. The molecule has 2 aromatic carbocycles. The van der Waals surface area contributed by atoms with Gasteiger partial charge in [0.15, 0.2) is 0 Å². The zero-order chi connectivity index (χ0) is 20.5. The largest absolute Gasteiger partial charge is 0.340 e. The third-order valence-corrected chi connectivity index (χ3v) is 7.43. The van der Waals surface area contributed by atoms with Crippen molar-refractivity contribution in [3.05, 3.63) is 70.7 Å². The Morgan fingerprint density at radius 1 is 0.900 bits per heavy atom. The van der Waals surface area contributed by atoms with Crippen molar-refractivity contribution in [3.63, 3.8) is 0 Å². The molecule has 1 amide bonds. The first-order valence-corrected chi connectivity index (χ1v) is 11.6. The summed E-state index contributed by atoms with van der Waals surface area (Å²) in [6.07, 6.45) is 2.97. The summed E-state index contributed by atoms with van der Waals surface area (Å²) in [7, 11) is 0. The standard InChI is InChI=1S/C25H30ClN3O/c26-22-8-6-19(7-9-22)14-25(30)28-16-21-17-29(24(21)18-28)23-10-12-27(13-11-23)15-20-4-2-1-3-5-20/h1-9,21,23-24H,10-18H2/t21-,24+/m1/s1. The van der Waals surface area contributed by atoms with Gasteiger partial charge in [0.1, 0.15) is 0 Å². The number of piperidine rings is 1. The average Bonchev–Trinajstić information content (AvgIpc) is 3.08. The fraction of sp³-hybridized carbons (Fsp3) is 0.480. The molecule has 5 rings (SSSR count). The first kappa shape index (κ1) is 20.0. The third-order valence-electron chi connectivity index (χ3n) is 7.17. The summed E-state index contributed by atoms with van der Waals surface area (Å²) in [6, 6.07) is 19.7. The lowest BCUT2D eigenvalue weighted by Gasteiger charge is -2.50. The summed E-state index contributed by atoms with van der Waals surface area (Å²) < 4.78 is 0. The van der Waals surface area contributed by atoms with Gasteiger partial charge in [-0.2, -0.15) is 0 Å². The Balaban J connectivity index is 1.10. The summed E-state index contributed by atoms with van der Waals surface area (Å²) in [5.74, 6) is 0.922. The average molecular weight is 424 g/mol. The van der Waals surface area contributed by atoms with Crippen LogP contribution in [0.5, 0.6) is 0 Å². The lowest BCUT2D eigenvalue weighted by Crippen LogP contribution is -2.61. The van der Waals surface area contributed by atoms with Crippen molar-refractivity contribution >= 4 is 17.5 Å². The number of hydrogen-bond donors (Lipinski definition) is 0. The van der Waals surface area contributed by atoms with Crippen LogP contribution < -0.4 is 0 Å². The number of amides is 1. The molecule has 0 aromatic heterocycles. The molecule has 5 heteroatoms. The second-order valence-electron chi connectivity index (χ2n) is 9.12. The number of halogens is 1. The van der Waals surface area contributed by atoms with E-state index >= 15 is 0 Å². The van der Waals surface area contributed by atoms with E-state index in [4.69, 9.17) is 11.6 Å². The minimum absolute atomic E-state index is 0.254. The van der Waals surface area contributed by atoms with E-state index in [9.17, 15) is 4.79 Å². The van der Waals surface area contributed by atoms with Gasteiger partial charge in [0, 0.05) is 49.2 Å². The molecule has 30 heavy (non-hydrogen) atoms. The first-order valence-electron chi connectivity index (χ1n) is 11.2. The molecule has 158 valence electrons. The molecule has 3 heterocycles. The molecular formula is C25H30ClN3O. The Hall–Kier alpha value is -1.88. The quantitative estimate of drug-likeness (QED) is 0.733. The number of carbonyl (C=O) groups excluding carboxylic acids is 1. The molecule has 3 aliphatic heterocycles. The fourth-order valence-electron chi connectivity index (χ4n) is 5.44. The maximum atomic E-state index is 12.8. The molecule has 0 spiro atoms. The van der Waals surface area contributed by atoms with Gasteiger partial charge in [0.05, 0.1) is 6.42 Å². The van der Waals surface area contributed by atoms with Crippen LogP contribution in [0.15, 0.2) is 54.6 Å². The smallest absolute Gasteiger partial charge is 0.227 e. The second-order valence-corrected chi connectivity index (χ2v) is 9.56. The minimum atomic E-state index is 0.254. The van der Waals surface area contributed by atoms with Gasteiger partial charge in [0.25, 0.3) is 0 Å². The maximum absolute atomic E-state index is 12.8. The van der Waals surface area contributed by atoms with Crippen LogP contribution in [-0.2, 0) is 17.8 Å². The third kappa shape index (κ3) is 4.27. The highest BCUT2D eigenvalue weighted by Gasteiger charge is 2.49. The molecule has 2 atom stereocenters. The van der Waals surface area contributed by atoms with E-state index in [1.807, 2.05) is 24.3 Å². The van der Waals surface area contributed by atoms with Crippen LogP contribution in [0.2, 0.25) is 5.02 Å². The Kier molecular flexibility index (Phi) is 5.81. The lowest BCUT2D eigenvalue weighted by molar-refractivity contribution is -0.129. The van der Waals surface area contributed by atoms with Gasteiger partial charge < -0.3 is 4.90 Å². The highest BCUT2D eigenvalue weighted by Crippen LogP contribution is 2.36. The van der Waals surface area contributed by atoms with Gasteiger partial charge in [-0.1, -0.05) is 54.1 Å². The zero-order valence-corrected chi connectivity index (χ0v) is 18.2. The maximum Gasteiger partial charge on any atom is 0.227 e. The van der Waals surface area contributed by atoms with Gasteiger partial charge in [0.2, 0.25) is 5.91 Å². The Morgan fingerprint density at radius 2 is 1.63 bits per heavy atom. The van der Waals surface area contributed by atoms with E-state index in [1.54, 1.807) is 0 Å². The summed E-state index contributed by atoms with van der Waals surface area (Å²) in [6.45, 7) is 6.41. The predicted octanol–water partition coefficient (Wildman–Crippen LogP) is 3.69. The van der Waals surface area contributed by atoms with E-state index in [1.165, 1.54) is 38.0 Å². The van der Waals surface area contributed by atoms with E-state index in [-0.39, 0.29) is 5.91 Å². The van der Waals surface area contributed by atoms with Crippen molar-refractivity contribution in [2.45, 2.75) is 37.9 Å². The van der Waals surface area contributed by atoms with Crippen molar-refractivity contribution in [2.24, 2.45) is 5.92 Å². The first-order chi connectivity index (χ1) is 14.7. The van der Waals surface area contributed by atoms with Crippen LogP contribution in [0.25, 0.3) is 0 Å². The predicted molar refractivity (Wildman–Crippen MR) is 120 cm³/mol. The number of nitrogens with zero attached hydrogens (tertiary/aromatic N) is 3. The van der Waals surface area contributed by atoms with Gasteiger partial charge in [-0.15, -0.1) is 0 Å². The molecule has 0 N–H and O–H groups in total. The summed E-state index contributed by atoms with van der Waals surface area (Å²) >= 11 is 5.96. The number of rotatable bonds is 5. The molecule has 0 saturated carbocycles. The van der Waals surface area contributed by atoms with E-state index in [0.717, 1.165) is 30.2 Å². The van der Waals surface area contributed by atoms with Crippen molar-refractivity contribution in [2.75, 3.05) is 32.7 Å². The van der Waals surface area contributed by atoms with Crippen molar-refractivity contribution < 1.29 is 4.79 Å². The molecule has 0 bridgehead atoms. The molecule has 0 aliphatic carbocycles. The summed E-state index contributed by atoms with van der Waals surface area (Å²) in [4.78, 5) is 20.2. The molecule has 3 fully saturated rings. The van der Waals surface area contributed by atoms with Gasteiger partial charge in [-0.25, -0.2) is 0 Å². The van der Waals surface area contributed by atoms with Crippen LogP contribution >= 0.6 is 11.6 Å². The van der Waals surface area contributed by atoms with Crippen molar-refractivity contribution in [1.82, 2.24) is 14.7 Å². The molecule has 2 aromatic rings. The number of likely N-dealkylation sites (tertiary alicyclic amines) is 3. The lowest BCUT2D eigenvalue weighted by atomic mass is 9.87. The van der Waals surface area contributed by atoms with Crippen molar-refractivity contribution in [1.29, 1.82) is 0 Å². The second kappa shape index (κ2) is 8.70. The van der Waals surface area contributed by atoms with Crippen LogP contribution in [0.3, 0.4) is 0 Å².